The van der Waals surface area contributed by atoms with Crippen LogP contribution in [0.15, 0.2) is 49.3 Å². The van der Waals surface area contributed by atoms with Crippen LogP contribution in [0.4, 0.5) is 0 Å². The van der Waals surface area contributed by atoms with Gasteiger partial charge in [-0.3, -0.25) is 9.78 Å². The summed E-state index contributed by atoms with van der Waals surface area (Å²) in [6.45, 7) is 6.98. The van der Waals surface area contributed by atoms with Gasteiger partial charge >= 0.3 is 0 Å². The average molecular weight is 311 g/mol. The Balaban J connectivity index is 1.85. The van der Waals surface area contributed by atoms with E-state index in [-0.39, 0.29) is 5.91 Å². The molecular weight excluding hydrogens is 294 g/mol. The van der Waals surface area contributed by atoms with Gasteiger partial charge in [-0.15, -0.1) is 17.9 Å². The first kappa shape index (κ1) is 14.5. The van der Waals surface area contributed by atoms with Gasteiger partial charge in [0.15, 0.2) is 0 Å². The van der Waals surface area contributed by atoms with E-state index in [0.29, 0.717) is 18.8 Å². The number of aryl methyl sites for hydroxylation is 1. The van der Waals surface area contributed by atoms with Crippen molar-refractivity contribution >= 4 is 27.5 Å². The Morgan fingerprint density at radius 2 is 2.18 bits per heavy atom. The van der Waals surface area contributed by atoms with Gasteiger partial charge in [-0.25, -0.2) is 0 Å². The molecule has 4 nitrogen and oxygen atoms in total. The van der Waals surface area contributed by atoms with E-state index in [2.05, 4.69) is 29.9 Å². The minimum absolute atomic E-state index is 0.0697. The standard InChI is InChI=1S/C17H17N3OS/c1-3-8-20-14-9-12(2)22-16(14)10-15(20)17(21)19-11-13-4-6-18-7-5-13/h3-7,9-10H,1,8,11H2,2H3,(H,19,21). The summed E-state index contributed by atoms with van der Waals surface area (Å²) >= 11 is 1.70. The zero-order valence-electron chi connectivity index (χ0n) is 12.4. The molecule has 5 heteroatoms. The van der Waals surface area contributed by atoms with Crippen molar-refractivity contribution in [3.05, 3.63) is 65.4 Å². The smallest absolute Gasteiger partial charge is 0.268 e. The molecule has 0 bridgehead atoms. The van der Waals surface area contributed by atoms with Crippen molar-refractivity contribution in [3.63, 3.8) is 0 Å². The fourth-order valence-electron chi connectivity index (χ4n) is 2.45. The van der Waals surface area contributed by atoms with Crippen LogP contribution in [0.1, 0.15) is 20.9 Å². The van der Waals surface area contributed by atoms with E-state index in [1.54, 1.807) is 23.7 Å². The molecule has 0 fully saturated rings. The molecule has 0 spiro atoms. The van der Waals surface area contributed by atoms with Crippen LogP contribution in [0, 0.1) is 6.92 Å². The molecular formula is C17H17N3OS. The molecule has 0 atom stereocenters. The van der Waals surface area contributed by atoms with Crippen LogP contribution >= 0.6 is 11.3 Å². The number of thiophene rings is 1. The minimum atomic E-state index is -0.0697. The second-order valence-corrected chi connectivity index (χ2v) is 6.36. The van der Waals surface area contributed by atoms with Crippen molar-refractivity contribution < 1.29 is 4.79 Å². The number of rotatable bonds is 5. The number of carbonyl (C=O) groups is 1. The average Bonchev–Trinajstić information content (AvgIpc) is 3.04. The van der Waals surface area contributed by atoms with E-state index in [4.69, 9.17) is 0 Å². The van der Waals surface area contributed by atoms with Crippen molar-refractivity contribution in [2.45, 2.75) is 20.0 Å². The molecule has 0 aliphatic carbocycles. The van der Waals surface area contributed by atoms with Crippen molar-refractivity contribution in [1.29, 1.82) is 0 Å². The summed E-state index contributed by atoms with van der Waals surface area (Å²) in [7, 11) is 0. The first-order chi connectivity index (χ1) is 10.7. The molecule has 1 N–H and O–H groups in total. The van der Waals surface area contributed by atoms with Gasteiger partial charge in [0.2, 0.25) is 0 Å². The number of hydrogen-bond acceptors (Lipinski definition) is 3. The normalized spacial score (nSPS) is 10.8. The molecule has 3 aromatic rings. The minimum Gasteiger partial charge on any atom is -0.347 e. The van der Waals surface area contributed by atoms with Gasteiger partial charge < -0.3 is 9.88 Å². The summed E-state index contributed by atoms with van der Waals surface area (Å²) in [5.41, 5.74) is 2.80. The molecule has 22 heavy (non-hydrogen) atoms. The van der Waals surface area contributed by atoms with Crippen molar-refractivity contribution in [2.75, 3.05) is 0 Å². The Bertz CT molecular complexity index is 817. The van der Waals surface area contributed by atoms with E-state index >= 15 is 0 Å². The fraction of sp³-hybridized carbons (Fsp3) is 0.176. The topological polar surface area (TPSA) is 46.9 Å². The van der Waals surface area contributed by atoms with Crippen molar-refractivity contribution in [3.8, 4) is 0 Å². The van der Waals surface area contributed by atoms with Crippen LogP contribution in [0.25, 0.3) is 10.2 Å². The third-order valence-electron chi connectivity index (χ3n) is 3.46. The highest BCUT2D eigenvalue weighted by Gasteiger charge is 2.16. The van der Waals surface area contributed by atoms with Crippen LogP contribution < -0.4 is 5.32 Å². The number of pyridine rings is 1. The molecule has 1 amide bonds. The molecule has 112 valence electrons. The van der Waals surface area contributed by atoms with Gasteiger partial charge in [0.1, 0.15) is 5.69 Å². The third-order valence-corrected chi connectivity index (χ3v) is 4.45. The summed E-state index contributed by atoms with van der Waals surface area (Å²) in [5.74, 6) is -0.0697. The largest absolute Gasteiger partial charge is 0.347 e. The van der Waals surface area contributed by atoms with Gasteiger partial charge in [-0.1, -0.05) is 6.08 Å². The highest BCUT2D eigenvalue weighted by atomic mass is 32.1. The van der Waals surface area contributed by atoms with E-state index < -0.39 is 0 Å². The lowest BCUT2D eigenvalue weighted by molar-refractivity contribution is 0.0942. The fourth-order valence-corrected chi connectivity index (χ4v) is 3.41. The Morgan fingerprint density at radius 3 is 2.91 bits per heavy atom. The number of hydrogen-bond donors (Lipinski definition) is 1. The maximum absolute atomic E-state index is 12.5. The molecule has 0 aliphatic rings. The molecule has 3 heterocycles. The maximum Gasteiger partial charge on any atom is 0.268 e. The SMILES string of the molecule is C=CCn1c(C(=O)NCc2ccncc2)cc2sc(C)cc21. The van der Waals surface area contributed by atoms with Gasteiger partial charge in [-0.05, 0) is 36.8 Å². The quantitative estimate of drug-likeness (QED) is 0.733. The molecule has 0 aromatic carbocycles. The lowest BCUT2D eigenvalue weighted by Gasteiger charge is -2.09. The van der Waals surface area contributed by atoms with Crippen molar-refractivity contribution in [1.82, 2.24) is 14.9 Å². The Morgan fingerprint density at radius 1 is 1.41 bits per heavy atom. The van der Waals surface area contributed by atoms with Crippen LogP contribution in [0.5, 0.6) is 0 Å². The Hall–Kier alpha value is -2.40. The molecule has 0 aliphatic heterocycles. The summed E-state index contributed by atoms with van der Waals surface area (Å²) in [5, 5.41) is 2.96. The predicted octanol–water partition coefficient (Wildman–Crippen LogP) is 3.52. The lowest BCUT2D eigenvalue weighted by Crippen LogP contribution is -2.25. The number of amides is 1. The number of fused-ring (bicyclic) bond motifs is 1. The van der Waals surface area contributed by atoms with Crippen LogP contribution in [0.2, 0.25) is 0 Å². The van der Waals surface area contributed by atoms with Gasteiger partial charge in [0.25, 0.3) is 5.91 Å². The highest BCUT2D eigenvalue weighted by Crippen LogP contribution is 2.28. The molecule has 0 unspecified atom stereocenters. The van der Waals surface area contributed by atoms with Crippen molar-refractivity contribution in [2.24, 2.45) is 0 Å². The first-order valence-corrected chi connectivity index (χ1v) is 7.88. The molecule has 0 radical (unpaired) electrons. The second kappa shape index (κ2) is 6.15. The molecule has 3 aromatic heterocycles. The number of aromatic nitrogens is 2. The number of allylic oxidation sites excluding steroid dienone is 1. The summed E-state index contributed by atoms with van der Waals surface area (Å²) in [6.07, 6.45) is 5.26. The van der Waals surface area contributed by atoms with Gasteiger partial charge in [0.05, 0.1) is 10.2 Å². The number of carbonyl (C=O) groups excluding carboxylic acids is 1. The maximum atomic E-state index is 12.5. The zero-order valence-corrected chi connectivity index (χ0v) is 13.2. The zero-order chi connectivity index (χ0) is 15.5. The Kier molecular flexibility index (Phi) is 4.06. The third kappa shape index (κ3) is 2.80. The van der Waals surface area contributed by atoms with E-state index in [1.807, 2.05) is 28.8 Å². The monoisotopic (exact) mass is 311 g/mol. The first-order valence-electron chi connectivity index (χ1n) is 7.06. The van der Waals surface area contributed by atoms with Crippen LogP contribution in [-0.2, 0) is 13.1 Å². The molecule has 0 saturated carbocycles. The van der Waals surface area contributed by atoms with E-state index in [9.17, 15) is 4.79 Å². The molecule has 0 saturated heterocycles. The predicted molar refractivity (Wildman–Crippen MR) is 90.2 cm³/mol. The molecule has 3 rings (SSSR count). The second-order valence-electron chi connectivity index (χ2n) is 5.07. The summed E-state index contributed by atoms with van der Waals surface area (Å²) in [6, 6.07) is 7.86. The van der Waals surface area contributed by atoms with Gasteiger partial charge in [-0.2, -0.15) is 0 Å². The number of nitrogens with one attached hydrogen (secondary N) is 1. The van der Waals surface area contributed by atoms with E-state index in [1.165, 1.54) is 4.88 Å². The Labute approximate surface area is 133 Å². The number of nitrogens with zero attached hydrogens (tertiary/aromatic N) is 2. The summed E-state index contributed by atoms with van der Waals surface area (Å²) < 4.78 is 3.14. The van der Waals surface area contributed by atoms with Crippen LogP contribution in [-0.4, -0.2) is 15.5 Å². The summed E-state index contributed by atoms with van der Waals surface area (Å²) in [4.78, 5) is 17.7. The van der Waals surface area contributed by atoms with E-state index in [0.717, 1.165) is 15.8 Å². The highest BCUT2D eigenvalue weighted by molar-refractivity contribution is 7.19. The van der Waals surface area contributed by atoms with Crippen LogP contribution in [0.3, 0.4) is 0 Å². The lowest BCUT2D eigenvalue weighted by atomic mass is 10.2. The van der Waals surface area contributed by atoms with Gasteiger partial charge in [0, 0.05) is 30.4 Å².